The molecule has 3 nitrogen and oxygen atoms in total. The van der Waals surface area contributed by atoms with E-state index in [0.717, 1.165) is 12.2 Å². The molecule has 1 aliphatic carbocycles. The van der Waals surface area contributed by atoms with E-state index in [9.17, 15) is 4.79 Å². The molecule has 0 bridgehead atoms. The van der Waals surface area contributed by atoms with Crippen molar-refractivity contribution in [3.8, 4) is 5.75 Å². The summed E-state index contributed by atoms with van der Waals surface area (Å²) in [6, 6.07) is 6.22. The summed E-state index contributed by atoms with van der Waals surface area (Å²) in [6.07, 6.45) is 4.37. The van der Waals surface area contributed by atoms with E-state index in [1.54, 1.807) is 6.92 Å². The molecule has 0 fully saturated rings. The van der Waals surface area contributed by atoms with Gasteiger partial charge >= 0.3 is 0 Å². The average molecular weight is 275 g/mol. The van der Waals surface area contributed by atoms with Gasteiger partial charge < -0.3 is 10.1 Å². The molecule has 0 aromatic heterocycles. The van der Waals surface area contributed by atoms with Gasteiger partial charge in [0.1, 0.15) is 5.75 Å². The van der Waals surface area contributed by atoms with E-state index in [2.05, 4.69) is 31.3 Å². The van der Waals surface area contributed by atoms with Crippen LogP contribution in [0.25, 0.3) is 0 Å². The molecular weight excluding hydrogens is 250 g/mol. The molecule has 0 radical (unpaired) electrons. The van der Waals surface area contributed by atoms with Crippen LogP contribution in [0.15, 0.2) is 18.2 Å². The number of amides is 1. The smallest absolute Gasteiger partial charge is 0.260 e. The first-order valence-electron chi connectivity index (χ1n) is 7.62. The Bertz CT molecular complexity index is 468. The maximum Gasteiger partial charge on any atom is 0.260 e. The van der Waals surface area contributed by atoms with E-state index < -0.39 is 6.10 Å². The third-order valence-electron chi connectivity index (χ3n) is 3.69. The fraction of sp³-hybridized carbons (Fsp3) is 0.588. The van der Waals surface area contributed by atoms with Gasteiger partial charge in [0, 0.05) is 6.54 Å². The van der Waals surface area contributed by atoms with Crippen molar-refractivity contribution in [1.29, 1.82) is 0 Å². The van der Waals surface area contributed by atoms with Crippen molar-refractivity contribution in [2.45, 2.75) is 52.6 Å². The van der Waals surface area contributed by atoms with Gasteiger partial charge in [-0.15, -0.1) is 0 Å². The zero-order valence-corrected chi connectivity index (χ0v) is 12.7. The molecule has 110 valence electrons. The van der Waals surface area contributed by atoms with Crippen molar-refractivity contribution >= 4 is 5.91 Å². The quantitative estimate of drug-likeness (QED) is 0.896. The molecule has 1 N–H and O–H groups in total. The second-order valence-corrected chi connectivity index (χ2v) is 6.04. The number of benzene rings is 1. The third kappa shape index (κ3) is 3.99. The van der Waals surface area contributed by atoms with Gasteiger partial charge in [0.15, 0.2) is 6.10 Å². The van der Waals surface area contributed by atoms with Crippen LogP contribution in [0.1, 0.15) is 44.7 Å². The molecule has 1 atom stereocenters. The van der Waals surface area contributed by atoms with Gasteiger partial charge in [0.05, 0.1) is 0 Å². The standard InChI is InChI=1S/C17H25NO2/c1-12(2)11-18-17(19)13(3)20-16-9-8-14-6-4-5-7-15(14)10-16/h8-10,12-13H,4-7,11H2,1-3H3,(H,18,19)/t13-/m0/s1. The number of rotatable bonds is 5. The Labute approximate surface area is 121 Å². The zero-order chi connectivity index (χ0) is 14.5. The molecule has 1 aromatic rings. The van der Waals surface area contributed by atoms with Gasteiger partial charge in [-0.1, -0.05) is 19.9 Å². The highest BCUT2D eigenvalue weighted by Crippen LogP contribution is 2.25. The van der Waals surface area contributed by atoms with E-state index in [1.807, 2.05) is 6.07 Å². The van der Waals surface area contributed by atoms with Crippen LogP contribution in [0.4, 0.5) is 0 Å². The number of ether oxygens (including phenoxy) is 1. The van der Waals surface area contributed by atoms with Crippen LogP contribution >= 0.6 is 0 Å². The normalized spacial score (nSPS) is 15.6. The fourth-order valence-corrected chi connectivity index (χ4v) is 2.49. The lowest BCUT2D eigenvalue weighted by atomic mass is 9.92. The first kappa shape index (κ1) is 14.9. The molecule has 0 aliphatic heterocycles. The molecule has 0 heterocycles. The van der Waals surface area contributed by atoms with Crippen molar-refractivity contribution < 1.29 is 9.53 Å². The summed E-state index contributed by atoms with van der Waals surface area (Å²) >= 11 is 0. The van der Waals surface area contributed by atoms with Crippen molar-refractivity contribution in [3.63, 3.8) is 0 Å². The number of hydrogen-bond acceptors (Lipinski definition) is 2. The lowest BCUT2D eigenvalue weighted by Gasteiger charge is -2.19. The molecule has 0 saturated carbocycles. The van der Waals surface area contributed by atoms with Crippen molar-refractivity contribution in [2.75, 3.05) is 6.54 Å². The Hall–Kier alpha value is -1.51. The van der Waals surface area contributed by atoms with Crippen LogP contribution in [0.3, 0.4) is 0 Å². The van der Waals surface area contributed by atoms with E-state index in [4.69, 9.17) is 4.74 Å². The lowest BCUT2D eigenvalue weighted by Crippen LogP contribution is -2.38. The SMILES string of the molecule is CC(C)CNC(=O)[C@H](C)Oc1ccc2c(c1)CCCC2. The van der Waals surface area contributed by atoms with Crippen LogP contribution in [0.5, 0.6) is 5.75 Å². The van der Waals surface area contributed by atoms with Gasteiger partial charge in [-0.3, -0.25) is 4.79 Å². The maximum absolute atomic E-state index is 11.9. The third-order valence-corrected chi connectivity index (χ3v) is 3.69. The minimum atomic E-state index is -0.449. The number of carbonyl (C=O) groups is 1. The Balaban J connectivity index is 1.93. The average Bonchev–Trinajstić information content (AvgIpc) is 2.44. The van der Waals surface area contributed by atoms with Crippen LogP contribution in [-0.4, -0.2) is 18.6 Å². The number of nitrogens with one attached hydrogen (secondary N) is 1. The molecule has 0 unspecified atom stereocenters. The van der Waals surface area contributed by atoms with Gasteiger partial charge in [-0.2, -0.15) is 0 Å². The molecule has 0 saturated heterocycles. The summed E-state index contributed by atoms with van der Waals surface area (Å²) in [4.78, 5) is 11.9. The highest BCUT2D eigenvalue weighted by molar-refractivity contribution is 5.80. The van der Waals surface area contributed by atoms with Gasteiger partial charge in [0.2, 0.25) is 0 Å². The predicted molar refractivity (Wildman–Crippen MR) is 81.0 cm³/mol. The van der Waals surface area contributed by atoms with Gasteiger partial charge in [-0.05, 0) is 61.8 Å². The number of carbonyl (C=O) groups excluding carboxylic acids is 1. The minimum absolute atomic E-state index is 0.0450. The van der Waals surface area contributed by atoms with Crippen molar-refractivity contribution in [2.24, 2.45) is 5.92 Å². The summed E-state index contributed by atoms with van der Waals surface area (Å²) in [6.45, 7) is 6.65. The molecule has 0 spiro atoms. The van der Waals surface area contributed by atoms with Crippen LogP contribution in [-0.2, 0) is 17.6 Å². The fourth-order valence-electron chi connectivity index (χ4n) is 2.49. The second kappa shape index (κ2) is 6.78. The monoisotopic (exact) mass is 275 g/mol. The minimum Gasteiger partial charge on any atom is -0.481 e. The first-order chi connectivity index (χ1) is 9.56. The molecule has 2 rings (SSSR count). The van der Waals surface area contributed by atoms with Crippen LogP contribution in [0, 0.1) is 5.92 Å². The second-order valence-electron chi connectivity index (χ2n) is 6.04. The van der Waals surface area contributed by atoms with Gasteiger partial charge in [-0.25, -0.2) is 0 Å². The van der Waals surface area contributed by atoms with Crippen LogP contribution < -0.4 is 10.1 Å². The number of fused-ring (bicyclic) bond motifs is 1. The maximum atomic E-state index is 11.9. The lowest BCUT2D eigenvalue weighted by molar-refractivity contribution is -0.127. The summed E-state index contributed by atoms with van der Waals surface area (Å²) < 4.78 is 5.76. The van der Waals surface area contributed by atoms with E-state index >= 15 is 0 Å². The van der Waals surface area contributed by atoms with E-state index in [1.165, 1.54) is 30.4 Å². The summed E-state index contributed by atoms with van der Waals surface area (Å²) in [5, 5.41) is 2.90. The van der Waals surface area contributed by atoms with Crippen LogP contribution in [0.2, 0.25) is 0 Å². The molecule has 20 heavy (non-hydrogen) atoms. The first-order valence-corrected chi connectivity index (χ1v) is 7.62. The zero-order valence-electron chi connectivity index (χ0n) is 12.7. The van der Waals surface area contributed by atoms with Crippen molar-refractivity contribution in [1.82, 2.24) is 5.32 Å². The Kier molecular flexibility index (Phi) is 5.05. The number of hydrogen-bond donors (Lipinski definition) is 1. The highest BCUT2D eigenvalue weighted by atomic mass is 16.5. The Morgan fingerprint density at radius 2 is 1.90 bits per heavy atom. The number of aryl methyl sites for hydroxylation is 2. The molecule has 1 amide bonds. The van der Waals surface area contributed by atoms with Gasteiger partial charge in [0.25, 0.3) is 5.91 Å². The topological polar surface area (TPSA) is 38.3 Å². The summed E-state index contributed by atoms with van der Waals surface area (Å²) in [5.41, 5.74) is 2.81. The van der Waals surface area contributed by atoms with E-state index in [0.29, 0.717) is 12.5 Å². The van der Waals surface area contributed by atoms with Crippen molar-refractivity contribution in [3.05, 3.63) is 29.3 Å². The molecule has 3 heteroatoms. The largest absolute Gasteiger partial charge is 0.481 e. The summed E-state index contributed by atoms with van der Waals surface area (Å²) in [7, 11) is 0. The predicted octanol–water partition coefficient (Wildman–Crippen LogP) is 3.10. The highest BCUT2D eigenvalue weighted by Gasteiger charge is 2.16. The Morgan fingerprint density at radius 3 is 2.60 bits per heavy atom. The molecule has 1 aliphatic rings. The molecular formula is C17H25NO2. The summed E-state index contributed by atoms with van der Waals surface area (Å²) in [5.74, 6) is 1.21. The van der Waals surface area contributed by atoms with E-state index in [-0.39, 0.29) is 5.91 Å². The Morgan fingerprint density at radius 1 is 1.20 bits per heavy atom. The molecule has 1 aromatic carbocycles.